The zero-order valence-electron chi connectivity index (χ0n) is 11.9. The second-order valence-corrected chi connectivity index (χ2v) is 5.48. The number of unbranched alkanes of at least 4 members (excludes halogenated alkanes) is 2. The third-order valence-corrected chi connectivity index (χ3v) is 3.29. The number of rotatable bonds is 9. The summed E-state index contributed by atoms with van der Waals surface area (Å²) in [6.45, 7) is 8.49. The Morgan fingerprint density at radius 3 is 2.35 bits per heavy atom. The van der Waals surface area contributed by atoms with Gasteiger partial charge in [-0.3, -0.25) is 0 Å². The van der Waals surface area contributed by atoms with E-state index in [0.717, 1.165) is 25.9 Å². The molecule has 0 spiro atoms. The molecule has 0 amide bonds. The van der Waals surface area contributed by atoms with E-state index in [1.165, 1.54) is 19.3 Å². The lowest BCUT2D eigenvalue weighted by atomic mass is 9.86. The minimum atomic E-state index is -0.209. The van der Waals surface area contributed by atoms with Gasteiger partial charge >= 0.3 is 0 Å². The van der Waals surface area contributed by atoms with Gasteiger partial charge < -0.3 is 15.8 Å². The molecule has 4 nitrogen and oxygen atoms in total. The summed E-state index contributed by atoms with van der Waals surface area (Å²) in [6.07, 6.45) is 5.87. The molecule has 0 heterocycles. The molecule has 4 heteroatoms. The van der Waals surface area contributed by atoms with E-state index in [1.807, 2.05) is 13.8 Å². The molecule has 3 N–H and O–H groups in total. The average molecular weight is 243 g/mol. The molecular formula is C13H29N3O. The first-order valence-electron chi connectivity index (χ1n) is 6.60. The Morgan fingerprint density at radius 2 is 1.82 bits per heavy atom. The maximum Gasteiger partial charge on any atom is 0.144 e. The fourth-order valence-electron chi connectivity index (χ4n) is 1.80. The maximum absolute atomic E-state index is 8.67. The molecule has 0 aliphatic heterocycles. The Kier molecular flexibility index (Phi) is 7.96. The van der Waals surface area contributed by atoms with E-state index in [-0.39, 0.29) is 5.41 Å². The highest BCUT2D eigenvalue weighted by Gasteiger charge is 2.22. The Labute approximate surface area is 106 Å². The molecule has 0 saturated heterocycles. The van der Waals surface area contributed by atoms with E-state index in [1.54, 1.807) is 0 Å². The Hall–Kier alpha value is -0.770. The van der Waals surface area contributed by atoms with Gasteiger partial charge in [0.05, 0.1) is 0 Å². The fourth-order valence-corrected chi connectivity index (χ4v) is 1.80. The average Bonchev–Trinajstić information content (AvgIpc) is 2.28. The van der Waals surface area contributed by atoms with Crippen LogP contribution in [0.3, 0.4) is 0 Å². The summed E-state index contributed by atoms with van der Waals surface area (Å²) in [5.41, 5.74) is 5.44. The highest BCUT2D eigenvalue weighted by Crippen LogP contribution is 2.22. The van der Waals surface area contributed by atoms with Gasteiger partial charge in [0.1, 0.15) is 5.84 Å². The van der Waals surface area contributed by atoms with Gasteiger partial charge in [0.25, 0.3) is 0 Å². The van der Waals surface area contributed by atoms with E-state index >= 15 is 0 Å². The van der Waals surface area contributed by atoms with Crippen LogP contribution in [0.25, 0.3) is 0 Å². The quantitative estimate of drug-likeness (QED) is 0.215. The molecule has 0 aromatic carbocycles. The van der Waals surface area contributed by atoms with Crippen molar-refractivity contribution in [3.63, 3.8) is 0 Å². The predicted molar refractivity (Wildman–Crippen MR) is 73.4 cm³/mol. The standard InChI is InChI=1S/C13H29N3O/c1-5-6-7-10-16(4)11-8-9-13(2,3)12(14)15-17/h17H,5-11H2,1-4H3,(H2,14,15). The van der Waals surface area contributed by atoms with Crippen LogP contribution in [-0.2, 0) is 0 Å². The fraction of sp³-hybridized carbons (Fsp3) is 0.923. The van der Waals surface area contributed by atoms with Gasteiger partial charge in [-0.1, -0.05) is 38.8 Å². The smallest absolute Gasteiger partial charge is 0.144 e. The van der Waals surface area contributed by atoms with Crippen LogP contribution in [0.1, 0.15) is 52.9 Å². The molecule has 0 saturated carbocycles. The van der Waals surface area contributed by atoms with Crippen LogP contribution in [0.2, 0.25) is 0 Å². The number of nitrogens with two attached hydrogens (primary N) is 1. The lowest BCUT2D eigenvalue weighted by molar-refractivity contribution is 0.288. The molecule has 0 rings (SSSR count). The van der Waals surface area contributed by atoms with Crippen molar-refractivity contribution in [3.8, 4) is 0 Å². The molecule has 0 bridgehead atoms. The van der Waals surface area contributed by atoms with Gasteiger partial charge in [-0.05, 0) is 39.4 Å². The molecule has 0 radical (unpaired) electrons. The van der Waals surface area contributed by atoms with E-state index < -0.39 is 0 Å². The molecule has 0 atom stereocenters. The summed E-state index contributed by atoms with van der Waals surface area (Å²) in [7, 11) is 2.16. The molecule has 0 aliphatic carbocycles. The summed E-state index contributed by atoms with van der Waals surface area (Å²) in [6, 6.07) is 0. The first-order valence-corrected chi connectivity index (χ1v) is 6.60. The SMILES string of the molecule is CCCCCN(C)CCCC(C)(C)C(N)=NO. The summed E-state index contributed by atoms with van der Waals surface area (Å²) in [5.74, 6) is 0.325. The topological polar surface area (TPSA) is 61.8 Å². The van der Waals surface area contributed by atoms with Crippen LogP contribution < -0.4 is 5.73 Å². The Bertz CT molecular complexity index is 227. The predicted octanol–water partition coefficient (Wildman–Crippen LogP) is 2.66. The van der Waals surface area contributed by atoms with Gasteiger partial charge in [0, 0.05) is 5.41 Å². The van der Waals surface area contributed by atoms with Gasteiger partial charge in [-0.25, -0.2) is 0 Å². The lowest BCUT2D eigenvalue weighted by Crippen LogP contribution is -2.33. The lowest BCUT2D eigenvalue weighted by Gasteiger charge is -2.24. The van der Waals surface area contributed by atoms with Crippen molar-refractivity contribution in [3.05, 3.63) is 0 Å². The summed E-state index contributed by atoms with van der Waals surface area (Å²) in [5, 5.41) is 11.8. The maximum atomic E-state index is 8.67. The summed E-state index contributed by atoms with van der Waals surface area (Å²) < 4.78 is 0. The van der Waals surface area contributed by atoms with Crippen LogP contribution in [-0.4, -0.2) is 36.1 Å². The van der Waals surface area contributed by atoms with E-state index in [4.69, 9.17) is 10.9 Å². The Morgan fingerprint density at radius 1 is 1.24 bits per heavy atom. The molecule has 102 valence electrons. The molecule has 0 aromatic rings. The second kappa shape index (κ2) is 8.34. The van der Waals surface area contributed by atoms with Crippen molar-refractivity contribution < 1.29 is 5.21 Å². The van der Waals surface area contributed by atoms with E-state index in [0.29, 0.717) is 5.84 Å². The zero-order chi connectivity index (χ0) is 13.3. The van der Waals surface area contributed by atoms with Crippen molar-refractivity contribution in [1.29, 1.82) is 0 Å². The number of nitrogens with zero attached hydrogens (tertiary/aromatic N) is 2. The van der Waals surface area contributed by atoms with Gasteiger partial charge in [-0.15, -0.1) is 0 Å². The normalized spacial score (nSPS) is 13.4. The number of hydrogen-bond donors (Lipinski definition) is 2. The summed E-state index contributed by atoms with van der Waals surface area (Å²) in [4.78, 5) is 2.36. The van der Waals surface area contributed by atoms with Crippen molar-refractivity contribution in [1.82, 2.24) is 4.90 Å². The zero-order valence-corrected chi connectivity index (χ0v) is 11.9. The molecule has 0 unspecified atom stereocenters. The molecule has 17 heavy (non-hydrogen) atoms. The first-order chi connectivity index (χ1) is 7.94. The third-order valence-electron chi connectivity index (χ3n) is 3.29. The van der Waals surface area contributed by atoms with E-state index in [2.05, 4.69) is 24.0 Å². The van der Waals surface area contributed by atoms with Crippen molar-refractivity contribution in [2.24, 2.45) is 16.3 Å². The minimum absolute atomic E-state index is 0.209. The van der Waals surface area contributed by atoms with Crippen LogP contribution in [0, 0.1) is 5.41 Å². The third kappa shape index (κ3) is 7.21. The number of hydrogen-bond acceptors (Lipinski definition) is 3. The largest absolute Gasteiger partial charge is 0.409 e. The minimum Gasteiger partial charge on any atom is -0.409 e. The Balaban J connectivity index is 3.75. The molecule has 0 aliphatic rings. The molecule has 0 aromatic heterocycles. The van der Waals surface area contributed by atoms with E-state index in [9.17, 15) is 0 Å². The van der Waals surface area contributed by atoms with Gasteiger partial charge in [-0.2, -0.15) is 0 Å². The summed E-state index contributed by atoms with van der Waals surface area (Å²) >= 11 is 0. The van der Waals surface area contributed by atoms with Crippen molar-refractivity contribution >= 4 is 5.84 Å². The molecular weight excluding hydrogens is 214 g/mol. The van der Waals surface area contributed by atoms with Gasteiger partial charge in [0.15, 0.2) is 0 Å². The first kappa shape index (κ1) is 16.2. The van der Waals surface area contributed by atoms with Gasteiger partial charge in [0.2, 0.25) is 0 Å². The van der Waals surface area contributed by atoms with Crippen LogP contribution in [0.5, 0.6) is 0 Å². The highest BCUT2D eigenvalue weighted by atomic mass is 16.4. The van der Waals surface area contributed by atoms with Crippen molar-refractivity contribution in [2.75, 3.05) is 20.1 Å². The molecule has 0 fully saturated rings. The van der Waals surface area contributed by atoms with Crippen LogP contribution >= 0.6 is 0 Å². The van der Waals surface area contributed by atoms with Crippen LogP contribution in [0.4, 0.5) is 0 Å². The number of oxime groups is 1. The number of amidine groups is 1. The van der Waals surface area contributed by atoms with Crippen LogP contribution in [0.15, 0.2) is 5.16 Å². The second-order valence-electron chi connectivity index (χ2n) is 5.48. The monoisotopic (exact) mass is 243 g/mol. The highest BCUT2D eigenvalue weighted by molar-refractivity contribution is 5.85. The van der Waals surface area contributed by atoms with Crippen molar-refractivity contribution in [2.45, 2.75) is 52.9 Å².